The van der Waals surface area contributed by atoms with Gasteiger partial charge in [-0.25, -0.2) is 9.97 Å². The number of nitrogens with zero attached hydrogens (tertiary/aromatic N) is 5. The van der Waals surface area contributed by atoms with Crippen molar-refractivity contribution < 1.29 is 4.79 Å². The molecule has 4 heterocycles. The number of amides is 1. The van der Waals surface area contributed by atoms with Crippen molar-refractivity contribution >= 4 is 11.9 Å². The molecule has 3 aromatic heterocycles. The predicted octanol–water partition coefficient (Wildman–Crippen LogP) is 3.25. The largest absolute Gasteiger partial charge is 0.347 e. The zero-order valence-electron chi connectivity index (χ0n) is 17.7. The number of aromatic amines is 1. The highest BCUT2D eigenvalue weighted by Gasteiger charge is 2.28. The summed E-state index contributed by atoms with van der Waals surface area (Å²) in [5, 5.41) is 10.5. The Morgan fingerprint density at radius 3 is 2.75 bits per heavy atom. The summed E-state index contributed by atoms with van der Waals surface area (Å²) in [6.45, 7) is 3.30. The predicted molar refractivity (Wildman–Crippen MR) is 122 cm³/mol. The van der Waals surface area contributed by atoms with Crippen molar-refractivity contribution in [3.63, 3.8) is 0 Å². The molecule has 1 aliphatic heterocycles. The number of aryl methyl sites for hydroxylation is 1. The maximum Gasteiger partial charge on any atom is 0.255 e. The van der Waals surface area contributed by atoms with Crippen LogP contribution in [-0.4, -0.2) is 50.2 Å². The van der Waals surface area contributed by atoms with Gasteiger partial charge in [0.05, 0.1) is 11.3 Å². The standard InChI is InChI=1S/C24H23N7O/c1-16-21(22(30-29-16)17-6-3-2-4-7-17)23(32)27-19-10-13-31(15-19)24-26-12-9-20(28-24)18-8-5-11-25-14-18/h2-9,11-12,14,19H,10,13,15H2,1H3,(H,27,32)(H,29,30). The fourth-order valence-electron chi connectivity index (χ4n) is 4.01. The minimum absolute atomic E-state index is 0.00562. The van der Waals surface area contributed by atoms with E-state index in [4.69, 9.17) is 4.98 Å². The molecule has 0 spiro atoms. The van der Waals surface area contributed by atoms with Gasteiger partial charge in [-0.05, 0) is 31.5 Å². The third-order valence-corrected chi connectivity index (χ3v) is 5.63. The molecule has 4 aromatic rings. The smallest absolute Gasteiger partial charge is 0.255 e. The molecule has 5 rings (SSSR count). The first-order chi connectivity index (χ1) is 15.7. The first kappa shape index (κ1) is 19.9. The van der Waals surface area contributed by atoms with E-state index >= 15 is 0 Å². The van der Waals surface area contributed by atoms with Gasteiger partial charge in [0.1, 0.15) is 5.69 Å². The van der Waals surface area contributed by atoms with Gasteiger partial charge in [-0.3, -0.25) is 14.9 Å². The van der Waals surface area contributed by atoms with Gasteiger partial charge in [0, 0.05) is 54.5 Å². The number of hydrogen-bond acceptors (Lipinski definition) is 6. The summed E-state index contributed by atoms with van der Waals surface area (Å²) in [5.41, 5.74) is 4.70. The molecular formula is C24H23N7O. The van der Waals surface area contributed by atoms with Crippen molar-refractivity contribution in [2.75, 3.05) is 18.0 Å². The lowest BCUT2D eigenvalue weighted by atomic mass is 10.1. The van der Waals surface area contributed by atoms with E-state index in [1.54, 1.807) is 18.6 Å². The number of aromatic nitrogens is 5. The lowest BCUT2D eigenvalue weighted by molar-refractivity contribution is 0.0940. The molecule has 1 fully saturated rings. The number of nitrogens with one attached hydrogen (secondary N) is 2. The van der Waals surface area contributed by atoms with Gasteiger partial charge in [0.2, 0.25) is 5.95 Å². The normalized spacial score (nSPS) is 15.7. The van der Waals surface area contributed by atoms with E-state index in [1.807, 2.05) is 55.5 Å². The summed E-state index contributed by atoms with van der Waals surface area (Å²) < 4.78 is 0. The van der Waals surface area contributed by atoms with Gasteiger partial charge < -0.3 is 10.2 Å². The number of H-pyrrole nitrogens is 1. The molecular weight excluding hydrogens is 402 g/mol. The van der Waals surface area contributed by atoms with Crippen LogP contribution in [0.5, 0.6) is 0 Å². The minimum Gasteiger partial charge on any atom is -0.347 e. The molecule has 1 atom stereocenters. The fourth-order valence-corrected chi connectivity index (χ4v) is 4.01. The Bertz CT molecular complexity index is 1220. The van der Waals surface area contributed by atoms with E-state index in [-0.39, 0.29) is 11.9 Å². The fraction of sp³-hybridized carbons (Fsp3) is 0.208. The van der Waals surface area contributed by atoms with Gasteiger partial charge in [0.25, 0.3) is 5.91 Å². The Labute approximate surface area is 185 Å². The Morgan fingerprint density at radius 2 is 1.94 bits per heavy atom. The lowest BCUT2D eigenvalue weighted by Crippen LogP contribution is -2.37. The first-order valence-corrected chi connectivity index (χ1v) is 10.6. The van der Waals surface area contributed by atoms with Crippen LogP contribution in [-0.2, 0) is 0 Å². The molecule has 32 heavy (non-hydrogen) atoms. The van der Waals surface area contributed by atoms with E-state index < -0.39 is 0 Å². The molecule has 0 aliphatic carbocycles. The average Bonchev–Trinajstić information content (AvgIpc) is 3.47. The van der Waals surface area contributed by atoms with Crippen molar-refractivity contribution in [3.05, 3.63) is 78.4 Å². The van der Waals surface area contributed by atoms with Crippen LogP contribution in [0.25, 0.3) is 22.5 Å². The highest BCUT2D eigenvalue weighted by molar-refractivity contribution is 6.01. The van der Waals surface area contributed by atoms with Gasteiger partial charge in [0.15, 0.2) is 0 Å². The Kier molecular flexibility index (Phi) is 5.33. The van der Waals surface area contributed by atoms with Gasteiger partial charge in [-0.15, -0.1) is 0 Å². The quantitative estimate of drug-likeness (QED) is 0.509. The summed E-state index contributed by atoms with van der Waals surface area (Å²) >= 11 is 0. The van der Waals surface area contributed by atoms with E-state index in [1.165, 1.54) is 0 Å². The number of carbonyl (C=O) groups excluding carboxylic acids is 1. The number of benzene rings is 1. The maximum absolute atomic E-state index is 13.1. The monoisotopic (exact) mass is 425 g/mol. The Morgan fingerprint density at radius 1 is 1.09 bits per heavy atom. The van der Waals surface area contributed by atoms with E-state index in [9.17, 15) is 4.79 Å². The summed E-state index contributed by atoms with van der Waals surface area (Å²) in [7, 11) is 0. The van der Waals surface area contributed by atoms with Crippen LogP contribution in [0.2, 0.25) is 0 Å². The Hall–Kier alpha value is -4.07. The SMILES string of the molecule is Cc1[nH]nc(-c2ccccc2)c1C(=O)NC1CCN(c2nccc(-c3cccnc3)n2)C1. The zero-order valence-corrected chi connectivity index (χ0v) is 17.7. The summed E-state index contributed by atoms with van der Waals surface area (Å²) in [5.74, 6) is 0.541. The van der Waals surface area contributed by atoms with Crippen LogP contribution >= 0.6 is 0 Å². The molecule has 1 aliphatic rings. The molecule has 160 valence electrons. The molecule has 0 saturated carbocycles. The van der Waals surface area contributed by atoms with Crippen molar-refractivity contribution in [1.29, 1.82) is 0 Å². The lowest BCUT2D eigenvalue weighted by Gasteiger charge is -2.17. The highest BCUT2D eigenvalue weighted by Crippen LogP contribution is 2.25. The van der Waals surface area contributed by atoms with Crippen LogP contribution < -0.4 is 10.2 Å². The third kappa shape index (κ3) is 3.94. The number of carbonyl (C=O) groups is 1. The van der Waals surface area contributed by atoms with Crippen molar-refractivity contribution in [3.8, 4) is 22.5 Å². The molecule has 1 aromatic carbocycles. The van der Waals surface area contributed by atoms with Crippen molar-refractivity contribution in [2.45, 2.75) is 19.4 Å². The second kappa shape index (κ2) is 8.58. The van der Waals surface area contributed by atoms with Crippen LogP contribution in [0.15, 0.2) is 67.1 Å². The summed E-state index contributed by atoms with van der Waals surface area (Å²) in [4.78, 5) is 28.5. The minimum atomic E-state index is -0.119. The first-order valence-electron chi connectivity index (χ1n) is 10.6. The number of rotatable bonds is 5. The molecule has 1 unspecified atom stereocenters. The number of hydrogen-bond donors (Lipinski definition) is 2. The Balaban J connectivity index is 1.30. The number of pyridine rings is 1. The molecule has 8 heteroatoms. The van der Waals surface area contributed by atoms with Crippen molar-refractivity contribution in [1.82, 2.24) is 30.5 Å². The zero-order chi connectivity index (χ0) is 21.9. The highest BCUT2D eigenvalue weighted by atomic mass is 16.1. The molecule has 2 N–H and O–H groups in total. The third-order valence-electron chi connectivity index (χ3n) is 5.63. The molecule has 8 nitrogen and oxygen atoms in total. The van der Waals surface area contributed by atoms with E-state index in [2.05, 4.69) is 30.4 Å². The molecule has 0 bridgehead atoms. The summed E-state index contributed by atoms with van der Waals surface area (Å²) in [6.07, 6.45) is 6.11. The molecule has 1 amide bonds. The maximum atomic E-state index is 13.1. The topological polar surface area (TPSA) is 99.7 Å². The van der Waals surface area contributed by atoms with Crippen molar-refractivity contribution in [2.24, 2.45) is 0 Å². The van der Waals surface area contributed by atoms with Gasteiger partial charge >= 0.3 is 0 Å². The second-order valence-electron chi connectivity index (χ2n) is 7.83. The van der Waals surface area contributed by atoms with Crippen LogP contribution in [0.1, 0.15) is 22.5 Å². The average molecular weight is 425 g/mol. The molecule has 0 radical (unpaired) electrons. The van der Waals surface area contributed by atoms with Gasteiger partial charge in [-0.1, -0.05) is 30.3 Å². The van der Waals surface area contributed by atoms with E-state index in [0.29, 0.717) is 23.8 Å². The van der Waals surface area contributed by atoms with E-state index in [0.717, 1.165) is 35.5 Å². The second-order valence-corrected chi connectivity index (χ2v) is 7.83. The van der Waals surface area contributed by atoms with Crippen LogP contribution in [0.4, 0.5) is 5.95 Å². The van der Waals surface area contributed by atoms with Gasteiger partial charge in [-0.2, -0.15) is 5.10 Å². The number of anilines is 1. The molecule has 1 saturated heterocycles. The van der Waals surface area contributed by atoms with Crippen LogP contribution in [0.3, 0.4) is 0 Å². The summed E-state index contributed by atoms with van der Waals surface area (Å²) in [6, 6.07) is 15.5. The van der Waals surface area contributed by atoms with Crippen LogP contribution in [0, 0.1) is 6.92 Å².